The predicted molar refractivity (Wildman–Crippen MR) is 73.2 cm³/mol. The van der Waals surface area contributed by atoms with E-state index in [-0.39, 0.29) is 17.5 Å². The van der Waals surface area contributed by atoms with Crippen LogP contribution in [0, 0.1) is 6.92 Å². The van der Waals surface area contributed by atoms with Crippen LogP contribution in [0.4, 0.5) is 0 Å². The molecule has 1 aliphatic rings. The monoisotopic (exact) mass is 286 g/mol. The van der Waals surface area contributed by atoms with Gasteiger partial charge in [0, 0.05) is 18.7 Å². The van der Waals surface area contributed by atoms with E-state index in [4.69, 9.17) is 10.2 Å². The summed E-state index contributed by atoms with van der Waals surface area (Å²) in [7, 11) is -3.47. The van der Waals surface area contributed by atoms with Crippen LogP contribution in [0.2, 0.25) is 0 Å². The van der Waals surface area contributed by atoms with E-state index < -0.39 is 10.0 Å². The zero-order chi connectivity index (χ0) is 14.0. The predicted octanol–water partition coefficient (Wildman–Crippen LogP) is 2.00. The van der Waals surface area contributed by atoms with Crippen molar-refractivity contribution >= 4 is 10.0 Å². The number of hydrogen-bond acceptors (Lipinski definition) is 4. The largest absolute Gasteiger partial charge is 0.464 e. The van der Waals surface area contributed by atoms with Crippen LogP contribution in [0.5, 0.6) is 0 Å². The van der Waals surface area contributed by atoms with E-state index in [2.05, 4.69) is 0 Å². The molecule has 1 aromatic rings. The van der Waals surface area contributed by atoms with E-state index in [9.17, 15) is 8.42 Å². The van der Waals surface area contributed by atoms with Gasteiger partial charge < -0.3 is 10.2 Å². The van der Waals surface area contributed by atoms with Gasteiger partial charge in [-0.25, -0.2) is 8.42 Å². The Morgan fingerprint density at radius 3 is 2.53 bits per heavy atom. The summed E-state index contributed by atoms with van der Waals surface area (Å²) in [6.45, 7) is 4.27. The molecule has 0 spiro atoms. The van der Waals surface area contributed by atoms with Gasteiger partial charge in [0.05, 0.1) is 6.54 Å². The van der Waals surface area contributed by atoms with Crippen LogP contribution in [-0.2, 0) is 16.6 Å². The van der Waals surface area contributed by atoms with E-state index in [0.717, 1.165) is 25.7 Å². The molecule has 108 valence electrons. The Bertz CT molecular complexity index is 530. The number of nitrogens with two attached hydrogens (primary N) is 1. The average molecular weight is 286 g/mol. The van der Waals surface area contributed by atoms with Crippen molar-refractivity contribution in [2.75, 3.05) is 6.54 Å². The van der Waals surface area contributed by atoms with Gasteiger partial charge in [0.25, 0.3) is 0 Å². The fourth-order valence-corrected chi connectivity index (χ4v) is 4.71. The summed E-state index contributed by atoms with van der Waals surface area (Å²) >= 11 is 0. The van der Waals surface area contributed by atoms with Crippen LogP contribution < -0.4 is 5.73 Å². The van der Waals surface area contributed by atoms with Crippen molar-refractivity contribution in [1.82, 2.24) is 4.31 Å². The minimum atomic E-state index is -3.47. The van der Waals surface area contributed by atoms with Crippen LogP contribution in [0.3, 0.4) is 0 Å². The molecule has 0 bridgehead atoms. The van der Waals surface area contributed by atoms with Crippen LogP contribution in [0.1, 0.15) is 44.1 Å². The number of aryl methyl sites for hydroxylation is 1. The highest BCUT2D eigenvalue weighted by Crippen LogP contribution is 2.30. The summed E-state index contributed by atoms with van der Waals surface area (Å²) in [5.74, 6) is 0.940. The molecule has 0 saturated heterocycles. The molecule has 0 amide bonds. The van der Waals surface area contributed by atoms with Gasteiger partial charge in [-0.05, 0) is 19.8 Å². The van der Waals surface area contributed by atoms with E-state index in [1.165, 1.54) is 0 Å². The lowest BCUT2D eigenvalue weighted by Gasteiger charge is -2.26. The summed E-state index contributed by atoms with van der Waals surface area (Å²) in [5.41, 5.74) is 5.50. The van der Waals surface area contributed by atoms with E-state index in [0.29, 0.717) is 18.1 Å². The molecule has 19 heavy (non-hydrogen) atoms. The summed E-state index contributed by atoms with van der Waals surface area (Å²) < 4.78 is 32.4. The quantitative estimate of drug-likeness (QED) is 0.898. The molecular weight excluding hydrogens is 264 g/mol. The molecule has 5 nitrogen and oxygen atoms in total. The summed E-state index contributed by atoms with van der Waals surface area (Å²) in [5, 5.41) is 0. The topological polar surface area (TPSA) is 76.5 Å². The van der Waals surface area contributed by atoms with Gasteiger partial charge in [-0.3, -0.25) is 0 Å². The van der Waals surface area contributed by atoms with Gasteiger partial charge in [0.2, 0.25) is 10.0 Å². The number of hydrogen-bond donors (Lipinski definition) is 1. The number of furan rings is 1. The SMILES string of the molecule is CCN(C1CCCC1)S(=O)(=O)c1cc(CN)oc1C. The molecule has 1 aromatic heterocycles. The number of rotatable bonds is 5. The van der Waals surface area contributed by atoms with Crippen molar-refractivity contribution in [3.05, 3.63) is 17.6 Å². The highest BCUT2D eigenvalue weighted by molar-refractivity contribution is 7.89. The van der Waals surface area contributed by atoms with E-state index in [1.54, 1.807) is 17.3 Å². The van der Waals surface area contributed by atoms with Crippen LogP contribution in [0.25, 0.3) is 0 Å². The Balaban J connectivity index is 2.36. The van der Waals surface area contributed by atoms with Crippen molar-refractivity contribution in [2.24, 2.45) is 5.73 Å². The fraction of sp³-hybridized carbons (Fsp3) is 0.692. The van der Waals surface area contributed by atoms with Crippen LogP contribution in [0.15, 0.2) is 15.4 Å². The standard InChI is InChI=1S/C13H22N2O3S/c1-3-15(11-6-4-5-7-11)19(16,17)13-8-12(9-14)18-10(13)2/h8,11H,3-7,9,14H2,1-2H3. The lowest BCUT2D eigenvalue weighted by atomic mass is 10.2. The molecular formula is C13H22N2O3S. The lowest BCUT2D eigenvalue weighted by Crippen LogP contribution is -2.38. The molecule has 0 unspecified atom stereocenters. The third kappa shape index (κ3) is 2.70. The summed E-state index contributed by atoms with van der Waals surface area (Å²) in [6, 6.07) is 1.69. The van der Waals surface area contributed by atoms with Gasteiger partial charge in [-0.15, -0.1) is 0 Å². The van der Waals surface area contributed by atoms with E-state index >= 15 is 0 Å². The first-order valence-electron chi connectivity index (χ1n) is 6.82. The first kappa shape index (κ1) is 14.6. The normalized spacial score (nSPS) is 17.5. The molecule has 2 N–H and O–H groups in total. The third-order valence-corrected chi connectivity index (χ3v) is 5.89. The minimum Gasteiger partial charge on any atom is -0.464 e. The van der Waals surface area contributed by atoms with Crippen LogP contribution >= 0.6 is 0 Å². The number of sulfonamides is 1. The van der Waals surface area contributed by atoms with E-state index in [1.807, 2.05) is 6.92 Å². The number of nitrogens with zero attached hydrogens (tertiary/aromatic N) is 1. The molecule has 6 heteroatoms. The van der Waals surface area contributed by atoms with Crippen molar-refractivity contribution in [3.63, 3.8) is 0 Å². The van der Waals surface area contributed by atoms with Gasteiger partial charge in [0.15, 0.2) is 0 Å². The van der Waals surface area contributed by atoms with Gasteiger partial charge >= 0.3 is 0 Å². The minimum absolute atomic E-state index is 0.130. The highest BCUT2D eigenvalue weighted by atomic mass is 32.2. The molecule has 0 atom stereocenters. The van der Waals surface area contributed by atoms with Gasteiger partial charge in [0.1, 0.15) is 16.4 Å². The molecule has 0 aliphatic heterocycles. The Morgan fingerprint density at radius 2 is 2.05 bits per heavy atom. The van der Waals surface area contributed by atoms with Gasteiger partial charge in [-0.2, -0.15) is 4.31 Å². The zero-order valence-electron chi connectivity index (χ0n) is 11.6. The maximum absolute atomic E-state index is 12.7. The van der Waals surface area contributed by atoms with Crippen molar-refractivity contribution in [1.29, 1.82) is 0 Å². The first-order valence-corrected chi connectivity index (χ1v) is 8.26. The lowest BCUT2D eigenvalue weighted by molar-refractivity contribution is 0.334. The maximum Gasteiger partial charge on any atom is 0.246 e. The maximum atomic E-state index is 12.7. The molecule has 1 aliphatic carbocycles. The second kappa shape index (κ2) is 5.64. The summed E-state index contributed by atoms with van der Waals surface area (Å²) in [6.07, 6.45) is 4.12. The Hall–Kier alpha value is -0.850. The van der Waals surface area contributed by atoms with Crippen molar-refractivity contribution in [3.8, 4) is 0 Å². The second-order valence-electron chi connectivity index (χ2n) is 4.98. The highest BCUT2D eigenvalue weighted by Gasteiger charge is 2.34. The van der Waals surface area contributed by atoms with Gasteiger partial charge in [-0.1, -0.05) is 19.8 Å². The zero-order valence-corrected chi connectivity index (χ0v) is 12.4. The molecule has 1 heterocycles. The Kier molecular flexibility index (Phi) is 4.32. The second-order valence-corrected chi connectivity index (χ2v) is 6.84. The Morgan fingerprint density at radius 1 is 1.42 bits per heavy atom. The first-order chi connectivity index (χ1) is 9.00. The molecule has 0 aromatic carbocycles. The molecule has 2 rings (SSSR count). The third-order valence-electron chi connectivity index (χ3n) is 3.75. The molecule has 1 saturated carbocycles. The van der Waals surface area contributed by atoms with Crippen molar-refractivity contribution < 1.29 is 12.8 Å². The Labute approximate surface area is 114 Å². The smallest absolute Gasteiger partial charge is 0.246 e. The average Bonchev–Trinajstić information content (AvgIpc) is 2.99. The fourth-order valence-electron chi connectivity index (χ4n) is 2.82. The van der Waals surface area contributed by atoms with Crippen molar-refractivity contribution in [2.45, 2.75) is 57.0 Å². The summed E-state index contributed by atoms with van der Waals surface area (Å²) in [4.78, 5) is 0.265. The van der Waals surface area contributed by atoms with Crippen LogP contribution in [-0.4, -0.2) is 25.3 Å². The molecule has 1 fully saturated rings. The molecule has 0 radical (unpaired) electrons.